The average molecular weight is 401 g/mol. The van der Waals surface area contributed by atoms with Crippen molar-refractivity contribution >= 4 is 23.4 Å². The molecule has 1 N–H and O–H groups in total. The standard InChI is InChI=1S/C23H29ClN2O2/c1-16(2)14-25-23(28)18(4)26(15-20-10-5-6-11-21(20)24)22(27)13-19-9-7-8-17(3)12-19/h5-12,16,18H,13-15H2,1-4H3,(H,25,28)/t18-/m1/s1. The summed E-state index contributed by atoms with van der Waals surface area (Å²) in [6.07, 6.45) is 0.244. The van der Waals surface area contributed by atoms with Gasteiger partial charge in [0.1, 0.15) is 6.04 Å². The molecule has 0 aliphatic heterocycles. The fourth-order valence-electron chi connectivity index (χ4n) is 2.94. The number of hydrogen-bond acceptors (Lipinski definition) is 2. The second kappa shape index (κ2) is 10.3. The van der Waals surface area contributed by atoms with Crippen LogP contribution in [0.25, 0.3) is 0 Å². The predicted octanol–water partition coefficient (Wildman–Crippen LogP) is 4.38. The largest absolute Gasteiger partial charge is 0.354 e. The Bertz CT molecular complexity index is 820. The van der Waals surface area contributed by atoms with Crippen LogP contribution >= 0.6 is 11.6 Å². The number of benzene rings is 2. The highest BCUT2D eigenvalue weighted by atomic mass is 35.5. The molecular weight excluding hydrogens is 372 g/mol. The van der Waals surface area contributed by atoms with Crippen LogP contribution in [0.4, 0.5) is 0 Å². The van der Waals surface area contributed by atoms with Crippen LogP contribution < -0.4 is 5.32 Å². The molecule has 0 spiro atoms. The van der Waals surface area contributed by atoms with Gasteiger partial charge in [-0.05, 0) is 37.0 Å². The van der Waals surface area contributed by atoms with E-state index in [1.807, 2.05) is 63.2 Å². The van der Waals surface area contributed by atoms with Gasteiger partial charge < -0.3 is 10.2 Å². The Labute approximate surface area is 172 Å². The van der Waals surface area contributed by atoms with Crippen molar-refractivity contribution in [2.75, 3.05) is 6.54 Å². The zero-order chi connectivity index (χ0) is 20.7. The quantitative estimate of drug-likeness (QED) is 0.714. The van der Waals surface area contributed by atoms with E-state index in [4.69, 9.17) is 11.6 Å². The summed E-state index contributed by atoms with van der Waals surface area (Å²) in [6, 6.07) is 14.7. The zero-order valence-corrected chi connectivity index (χ0v) is 17.8. The lowest BCUT2D eigenvalue weighted by molar-refractivity contribution is -0.140. The molecule has 0 aromatic heterocycles. The van der Waals surface area contributed by atoms with E-state index in [-0.39, 0.29) is 18.2 Å². The van der Waals surface area contributed by atoms with E-state index in [0.717, 1.165) is 16.7 Å². The van der Waals surface area contributed by atoms with E-state index in [1.165, 1.54) is 0 Å². The molecule has 150 valence electrons. The molecule has 2 rings (SSSR count). The molecule has 0 unspecified atom stereocenters. The molecule has 1 atom stereocenters. The summed E-state index contributed by atoms with van der Waals surface area (Å²) in [6.45, 7) is 8.71. The number of halogens is 1. The lowest BCUT2D eigenvalue weighted by atomic mass is 10.1. The highest BCUT2D eigenvalue weighted by molar-refractivity contribution is 6.31. The van der Waals surface area contributed by atoms with Gasteiger partial charge in [-0.25, -0.2) is 0 Å². The number of hydrogen-bond donors (Lipinski definition) is 1. The van der Waals surface area contributed by atoms with Crippen molar-refractivity contribution in [1.29, 1.82) is 0 Å². The number of nitrogens with one attached hydrogen (secondary N) is 1. The highest BCUT2D eigenvalue weighted by Gasteiger charge is 2.26. The minimum Gasteiger partial charge on any atom is -0.354 e. The van der Waals surface area contributed by atoms with Crippen LogP contribution in [0.2, 0.25) is 5.02 Å². The monoisotopic (exact) mass is 400 g/mol. The van der Waals surface area contributed by atoms with E-state index >= 15 is 0 Å². The van der Waals surface area contributed by atoms with Crippen molar-refractivity contribution in [2.24, 2.45) is 5.92 Å². The summed E-state index contributed by atoms with van der Waals surface area (Å²) in [5.74, 6) is 0.0900. The first-order valence-electron chi connectivity index (χ1n) is 9.64. The molecule has 0 bridgehead atoms. The third-order valence-corrected chi connectivity index (χ3v) is 4.96. The fourth-order valence-corrected chi connectivity index (χ4v) is 3.14. The minimum atomic E-state index is -0.590. The van der Waals surface area contributed by atoms with Crippen LogP contribution in [0, 0.1) is 12.8 Å². The lowest BCUT2D eigenvalue weighted by Crippen LogP contribution is -2.48. The maximum Gasteiger partial charge on any atom is 0.242 e. The lowest BCUT2D eigenvalue weighted by Gasteiger charge is -2.29. The Kier molecular flexibility index (Phi) is 8.06. The van der Waals surface area contributed by atoms with Crippen molar-refractivity contribution in [3.8, 4) is 0 Å². The Morgan fingerprint density at radius 2 is 1.79 bits per heavy atom. The summed E-state index contributed by atoms with van der Waals surface area (Å²) in [5, 5.41) is 3.51. The number of rotatable bonds is 8. The highest BCUT2D eigenvalue weighted by Crippen LogP contribution is 2.19. The molecule has 2 aromatic rings. The first-order chi connectivity index (χ1) is 13.3. The molecular formula is C23H29ClN2O2. The smallest absolute Gasteiger partial charge is 0.242 e. The topological polar surface area (TPSA) is 49.4 Å². The van der Waals surface area contributed by atoms with Gasteiger partial charge >= 0.3 is 0 Å². The molecule has 0 saturated heterocycles. The first kappa shape index (κ1) is 22.0. The SMILES string of the molecule is Cc1cccc(CC(=O)N(Cc2ccccc2Cl)[C@H](C)C(=O)NCC(C)C)c1. The van der Waals surface area contributed by atoms with Gasteiger partial charge in [-0.2, -0.15) is 0 Å². The molecule has 0 aliphatic carbocycles. The Morgan fingerprint density at radius 3 is 2.43 bits per heavy atom. The second-order valence-electron chi connectivity index (χ2n) is 7.59. The number of amides is 2. The van der Waals surface area contributed by atoms with Gasteiger partial charge in [0, 0.05) is 18.1 Å². The van der Waals surface area contributed by atoms with Gasteiger partial charge in [0.2, 0.25) is 11.8 Å². The van der Waals surface area contributed by atoms with Gasteiger partial charge in [-0.1, -0.05) is 73.5 Å². The third-order valence-electron chi connectivity index (χ3n) is 4.59. The number of carbonyl (C=O) groups is 2. The van der Waals surface area contributed by atoms with Gasteiger partial charge in [0.15, 0.2) is 0 Å². The van der Waals surface area contributed by atoms with Crippen molar-refractivity contribution in [1.82, 2.24) is 10.2 Å². The van der Waals surface area contributed by atoms with Crippen LogP contribution in [-0.4, -0.2) is 29.3 Å². The fraction of sp³-hybridized carbons (Fsp3) is 0.391. The molecule has 5 heteroatoms. The van der Waals surface area contributed by atoms with Gasteiger partial charge in [-0.3, -0.25) is 9.59 Å². The maximum atomic E-state index is 13.1. The van der Waals surface area contributed by atoms with Crippen LogP contribution in [0.15, 0.2) is 48.5 Å². The second-order valence-corrected chi connectivity index (χ2v) is 8.00. The summed E-state index contributed by atoms with van der Waals surface area (Å²) in [4.78, 5) is 27.4. The molecule has 2 aromatic carbocycles. The molecule has 0 fully saturated rings. The summed E-state index contributed by atoms with van der Waals surface area (Å²) in [7, 11) is 0. The normalized spacial score (nSPS) is 11.9. The molecule has 28 heavy (non-hydrogen) atoms. The third kappa shape index (κ3) is 6.38. The van der Waals surface area contributed by atoms with E-state index < -0.39 is 6.04 Å². The molecule has 0 radical (unpaired) electrons. The molecule has 0 aliphatic rings. The zero-order valence-electron chi connectivity index (χ0n) is 17.0. The molecule has 0 saturated carbocycles. The van der Waals surface area contributed by atoms with Crippen LogP contribution in [0.1, 0.15) is 37.5 Å². The maximum absolute atomic E-state index is 13.1. The first-order valence-corrected chi connectivity index (χ1v) is 10.0. The van der Waals surface area contributed by atoms with Crippen molar-refractivity contribution in [3.05, 3.63) is 70.2 Å². The Hall–Kier alpha value is -2.33. The van der Waals surface area contributed by atoms with Crippen molar-refractivity contribution < 1.29 is 9.59 Å². The van der Waals surface area contributed by atoms with Gasteiger partial charge in [0.05, 0.1) is 6.42 Å². The van der Waals surface area contributed by atoms with E-state index in [2.05, 4.69) is 5.32 Å². The predicted molar refractivity (Wildman–Crippen MR) is 114 cm³/mol. The minimum absolute atomic E-state index is 0.0993. The van der Waals surface area contributed by atoms with E-state index in [1.54, 1.807) is 17.9 Å². The molecule has 2 amide bonds. The average Bonchev–Trinajstić information content (AvgIpc) is 2.64. The van der Waals surface area contributed by atoms with Crippen LogP contribution in [0.3, 0.4) is 0 Å². The van der Waals surface area contributed by atoms with E-state index in [9.17, 15) is 9.59 Å². The summed E-state index contributed by atoms with van der Waals surface area (Å²) < 4.78 is 0. The van der Waals surface area contributed by atoms with E-state index in [0.29, 0.717) is 24.0 Å². The van der Waals surface area contributed by atoms with Crippen molar-refractivity contribution in [3.63, 3.8) is 0 Å². The van der Waals surface area contributed by atoms with Crippen LogP contribution in [-0.2, 0) is 22.6 Å². The van der Waals surface area contributed by atoms with Gasteiger partial charge in [0.25, 0.3) is 0 Å². The molecule has 0 heterocycles. The summed E-state index contributed by atoms with van der Waals surface area (Å²) >= 11 is 6.30. The van der Waals surface area contributed by atoms with Crippen LogP contribution in [0.5, 0.6) is 0 Å². The summed E-state index contributed by atoms with van der Waals surface area (Å²) in [5.41, 5.74) is 2.86. The number of nitrogens with zero attached hydrogens (tertiary/aromatic N) is 1. The number of carbonyl (C=O) groups excluding carboxylic acids is 2. The Balaban J connectivity index is 2.22. The Morgan fingerprint density at radius 1 is 1.07 bits per heavy atom. The van der Waals surface area contributed by atoms with Crippen molar-refractivity contribution in [2.45, 2.75) is 46.7 Å². The van der Waals surface area contributed by atoms with Gasteiger partial charge in [-0.15, -0.1) is 0 Å². The molecule has 4 nitrogen and oxygen atoms in total. The number of aryl methyl sites for hydroxylation is 1.